The van der Waals surface area contributed by atoms with Crippen LogP contribution in [-0.2, 0) is 6.42 Å². The van der Waals surface area contributed by atoms with Crippen LogP contribution in [0.1, 0.15) is 28.8 Å². The quantitative estimate of drug-likeness (QED) is 0.637. The number of aromatic amines is 1. The van der Waals surface area contributed by atoms with Gasteiger partial charge in [-0.1, -0.05) is 23.7 Å². The maximum atomic E-state index is 11.7. The Morgan fingerprint density at radius 2 is 1.96 bits per heavy atom. The fourth-order valence-corrected chi connectivity index (χ4v) is 3.87. The summed E-state index contributed by atoms with van der Waals surface area (Å²) in [7, 11) is 0. The molecular weight excluding hydrogens is 366 g/mol. The highest BCUT2D eigenvalue weighted by atomic mass is 35.5. The number of benzene rings is 1. The van der Waals surface area contributed by atoms with E-state index in [-0.39, 0.29) is 11.1 Å². The number of aromatic nitrogens is 3. The topological polar surface area (TPSA) is 108 Å². The van der Waals surface area contributed by atoms with E-state index in [1.807, 2.05) is 24.3 Å². The summed E-state index contributed by atoms with van der Waals surface area (Å²) >= 11 is 5.96. The number of anilines is 1. The highest BCUT2D eigenvalue weighted by Gasteiger charge is 2.33. The van der Waals surface area contributed by atoms with Crippen molar-refractivity contribution in [2.75, 3.05) is 18.0 Å². The smallest absolute Gasteiger partial charge is 0.339 e. The van der Waals surface area contributed by atoms with Gasteiger partial charge in [-0.05, 0) is 37.0 Å². The minimum Gasteiger partial charge on any atom is -0.478 e. The van der Waals surface area contributed by atoms with Gasteiger partial charge in [-0.15, -0.1) is 0 Å². The Hall–Kier alpha value is -2.64. The van der Waals surface area contributed by atoms with Crippen LogP contribution in [0.5, 0.6) is 0 Å². The molecule has 3 heterocycles. The SMILES string of the molecule is NC1(Cc2ccc(Cl)cc2)CCN(c2c(C(=O)O)cnc3[nH]ncc23)CC1. The van der Waals surface area contributed by atoms with Crippen molar-refractivity contribution in [1.82, 2.24) is 15.2 Å². The van der Waals surface area contributed by atoms with E-state index in [2.05, 4.69) is 20.1 Å². The third-order valence-corrected chi connectivity index (χ3v) is 5.48. The van der Waals surface area contributed by atoms with Crippen molar-refractivity contribution in [3.63, 3.8) is 0 Å². The molecule has 0 unspecified atom stereocenters. The first kappa shape index (κ1) is 17.8. The van der Waals surface area contributed by atoms with Gasteiger partial charge in [0.2, 0.25) is 0 Å². The average Bonchev–Trinajstić information content (AvgIpc) is 3.12. The van der Waals surface area contributed by atoms with E-state index >= 15 is 0 Å². The van der Waals surface area contributed by atoms with Crippen molar-refractivity contribution < 1.29 is 9.90 Å². The molecule has 3 aromatic rings. The molecular formula is C19H20ClN5O2. The first-order valence-corrected chi connectivity index (χ1v) is 9.17. The Bertz CT molecular complexity index is 977. The lowest BCUT2D eigenvalue weighted by Crippen LogP contribution is -2.52. The van der Waals surface area contributed by atoms with E-state index in [1.165, 1.54) is 6.20 Å². The maximum absolute atomic E-state index is 11.7. The molecule has 4 N–H and O–H groups in total. The number of rotatable bonds is 4. The summed E-state index contributed by atoms with van der Waals surface area (Å²) in [6, 6.07) is 7.76. The second-order valence-corrected chi connectivity index (χ2v) is 7.55. The van der Waals surface area contributed by atoms with E-state index in [0.29, 0.717) is 29.4 Å². The van der Waals surface area contributed by atoms with Crippen LogP contribution in [-0.4, -0.2) is 44.9 Å². The van der Waals surface area contributed by atoms with E-state index in [9.17, 15) is 9.90 Å². The number of pyridine rings is 1. The molecule has 140 valence electrons. The molecule has 0 aliphatic carbocycles. The number of hydrogen-bond acceptors (Lipinski definition) is 5. The monoisotopic (exact) mass is 385 g/mol. The van der Waals surface area contributed by atoms with E-state index in [0.717, 1.165) is 30.2 Å². The van der Waals surface area contributed by atoms with Gasteiger partial charge in [0.15, 0.2) is 5.65 Å². The molecule has 0 saturated carbocycles. The molecule has 0 atom stereocenters. The van der Waals surface area contributed by atoms with Gasteiger partial charge >= 0.3 is 5.97 Å². The molecule has 0 radical (unpaired) electrons. The van der Waals surface area contributed by atoms with E-state index < -0.39 is 5.97 Å². The second-order valence-electron chi connectivity index (χ2n) is 7.11. The van der Waals surface area contributed by atoms with Crippen molar-refractivity contribution in [2.45, 2.75) is 24.8 Å². The minimum absolute atomic E-state index is 0.186. The summed E-state index contributed by atoms with van der Waals surface area (Å²) in [5.41, 5.74) is 8.92. The first-order valence-electron chi connectivity index (χ1n) is 8.79. The number of piperidine rings is 1. The fourth-order valence-electron chi connectivity index (χ4n) is 3.74. The largest absolute Gasteiger partial charge is 0.478 e. The summed E-state index contributed by atoms with van der Waals surface area (Å²) in [4.78, 5) is 17.9. The van der Waals surface area contributed by atoms with Gasteiger partial charge in [-0.25, -0.2) is 9.78 Å². The summed E-state index contributed by atoms with van der Waals surface area (Å²) in [6.45, 7) is 1.35. The van der Waals surface area contributed by atoms with Crippen LogP contribution in [0.2, 0.25) is 5.02 Å². The lowest BCUT2D eigenvalue weighted by atomic mass is 9.82. The molecule has 8 heteroatoms. The average molecular weight is 386 g/mol. The zero-order valence-corrected chi connectivity index (χ0v) is 15.4. The van der Waals surface area contributed by atoms with Crippen molar-refractivity contribution in [2.24, 2.45) is 5.73 Å². The van der Waals surface area contributed by atoms with E-state index in [4.69, 9.17) is 17.3 Å². The van der Waals surface area contributed by atoms with Crippen LogP contribution in [0, 0.1) is 0 Å². The molecule has 0 amide bonds. The predicted octanol–water partition coefficient (Wildman–Crippen LogP) is 2.85. The number of nitrogens with two attached hydrogens (primary N) is 1. The van der Waals surface area contributed by atoms with Gasteiger partial charge in [0, 0.05) is 29.8 Å². The molecule has 1 aromatic carbocycles. The number of carboxylic acid groups (broad SMARTS) is 1. The summed E-state index contributed by atoms with van der Waals surface area (Å²) in [5, 5.41) is 17.8. The van der Waals surface area contributed by atoms with Crippen molar-refractivity contribution >= 4 is 34.3 Å². The Kier molecular flexibility index (Phi) is 4.49. The fraction of sp³-hybridized carbons (Fsp3) is 0.316. The molecule has 27 heavy (non-hydrogen) atoms. The van der Waals surface area contributed by atoms with Crippen molar-refractivity contribution in [1.29, 1.82) is 0 Å². The molecule has 0 spiro atoms. The summed E-state index contributed by atoms with van der Waals surface area (Å²) in [6.07, 6.45) is 5.30. The van der Waals surface area contributed by atoms with Gasteiger partial charge < -0.3 is 15.7 Å². The third-order valence-electron chi connectivity index (χ3n) is 5.23. The van der Waals surface area contributed by atoms with Crippen LogP contribution in [0.15, 0.2) is 36.7 Å². The number of aromatic carboxylic acids is 1. The highest BCUT2D eigenvalue weighted by molar-refractivity contribution is 6.30. The zero-order chi connectivity index (χ0) is 19.0. The number of nitrogens with one attached hydrogen (secondary N) is 1. The summed E-state index contributed by atoms with van der Waals surface area (Å²) in [5.74, 6) is -0.994. The van der Waals surface area contributed by atoms with E-state index in [1.54, 1.807) is 6.20 Å². The Labute approximate surface area is 161 Å². The third kappa shape index (κ3) is 3.48. The number of hydrogen-bond donors (Lipinski definition) is 3. The lowest BCUT2D eigenvalue weighted by molar-refractivity contribution is 0.0697. The number of halogens is 1. The number of nitrogens with zero attached hydrogens (tertiary/aromatic N) is 3. The number of H-pyrrole nitrogens is 1. The van der Waals surface area contributed by atoms with Crippen LogP contribution >= 0.6 is 11.6 Å². The molecule has 1 aliphatic heterocycles. The van der Waals surface area contributed by atoms with Crippen molar-refractivity contribution in [3.05, 3.63) is 52.8 Å². The number of carboxylic acids is 1. The van der Waals surface area contributed by atoms with Gasteiger partial charge in [0.25, 0.3) is 0 Å². The summed E-state index contributed by atoms with van der Waals surface area (Å²) < 4.78 is 0. The minimum atomic E-state index is -0.994. The highest BCUT2D eigenvalue weighted by Crippen LogP contribution is 2.33. The van der Waals surface area contributed by atoms with Gasteiger partial charge in [-0.3, -0.25) is 5.10 Å². The normalized spacial score (nSPS) is 16.6. The second kappa shape index (κ2) is 6.83. The molecule has 2 aromatic heterocycles. The lowest BCUT2D eigenvalue weighted by Gasteiger charge is -2.41. The molecule has 1 saturated heterocycles. The van der Waals surface area contributed by atoms with Gasteiger partial charge in [0.1, 0.15) is 5.56 Å². The molecule has 1 fully saturated rings. The molecule has 4 rings (SSSR count). The maximum Gasteiger partial charge on any atom is 0.339 e. The molecule has 1 aliphatic rings. The zero-order valence-electron chi connectivity index (χ0n) is 14.7. The number of carbonyl (C=O) groups is 1. The number of fused-ring (bicyclic) bond motifs is 1. The predicted molar refractivity (Wildman–Crippen MR) is 104 cm³/mol. The standard InChI is InChI=1S/C19H20ClN5O2/c20-13-3-1-12(2-4-13)9-19(21)5-7-25(8-6-19)16-14-11-23-24-17(14)22-10-15(16)18(26)27/h1-4,10-11H,5-9,21H2,(H,26,27)(H,22,23,24). The molecule has 0 bridgehead atoms. The Balaban J connectivity index is 1.56. The van der Waals surface area contributed by atoms with Gasteiger partial charge in [-0.2, -0.15) is 5.10 Å². The van der Waals surface area contributed by atoms with Crippen LogP contribution in [0.3, 0.4) is 0 Å². The Morgan fingerprint density at radius 3 is 2.63 bits per heavy atom. The van der Waals surface area contributed by atoms with Crippen molar-refractivity contribution in [3.8, 4) is 0 Å². The first-order chi connectivity index (χ1) is 13.0. The van der Waals surface area contributed by atoms with Crippen LogP contribution in [0.4, 0.5) is 5.69 Å². The van der Waals surface area contributed by atoms with Gasteiger partial charge in [0.05, 0.1) is 17.3 Å². The van der Waals surface area contributed by atoms with Crippen LogP contribution < -0.4 is 10.6 Å². The molecule has 7 nitrogen and oxygen atoms in total. The Morgan fingerprint density at radius 1 is 1.26 bits per heavy atom. The van der Waals surface area contributed by atoms with Crippen LogP contribution in [0.25, 0.3) is 11.0 Å².